The molecule has 0 bridgehead atoms. The number of hydrogen-bond donors (Lipinski definition) is 2. The first-order valence-electron chi connectivity index (χ1n) is 4.84. The highest BCUT2D eigenvalue weighted by atomic mass is 19.3. The maximum Gasteiger partial charge on any atom is 0.255 e. The van der Waals surface area contributed by atoms with E-state index in [0.29, 0.717) is 5.56 Å². The molecule has 1 amide bonds. The molecule has 0 spiro atoms. The number of pyridine rings is 1. The van der Waals surface area contributed by atoms with Crippen LogP contribution in [0.1, 0.15) is 15.9 Å². The second-order valence-corrected chi connectivity index (χ2v) is 3.03. The summed E-state index contributed by atoms with van der Waals surface area (Å²) in [5.41, 5.74) is 5.78. The van der Waals surface area contributed by atoms with Gasteiger partial charge in [-0.05, 0) is 6.07 Å². The van der Waals surface area contributed by atoms with Crippen molar-refractivity contribution in [2.45, 2.75) is 6.43 Å². The summed E-state index contributed by atoms with van der Waals surface area (Å²) in [4.78, 5) is 15.4. The lowest BCUT2D eigenvalue weighted by atomic mass is 10.1. The van der Waals surface area contributed by atoms with Gasteiger partial charge in [0, 0.05) is 12.4 Å². The van der Waals surface area contributed by atoms with E-state index >= 15 is 0 Å². The first kappa shape index (κ1) is 13.1. The molecule has 4 nitrogen and oxygen atoms in total. The Hall–Kier alpha value is -2.00. The number of aromatic nitrogens is 1. The van der Waals surface area contributed by atoms with Crippen LogP contribution in [0.15, 0.2) is 18.5 Å². The molecule has 0 aliphatic carbocycles. The lowest BCUT2D eigenvalue weighted by Crippen LogP contribution is -2.29. The van der Waals surface area contributed by atoms with Gasteiger partial charge in [-0.15, -0.1) is 0 Å². The summed E-state index contributed by atoms with van der Waals surface area (Å²) in [6.45, 7) is -0.544. The quantitative estimate of drug-likeness (QED) is 0.750. The number of nitrogens with two attached hydrogens (primary N) is 1. The van der Waals surface area contributed by atoms with Gasteiger partial charge in [0.2, 0.25) is 0 Å². The van der Waals surface area contributed by atoms with Crippen LogP contribution in [0.2, 0.25) is 0 Å². The van der Waals surface area contributed by atoms with Crippen LogP contribution in [0.4, 0.5) is 8.78 Å². The van der Waals surface area contributed by atoms with Crippen molar-refractivity contribution in [2.75, 3.05) is 13.1 Å². The molecule has 0 unspecified atom stereocenters. The fourth-order valence-electron chi connectivity index (χ4n) is 1.10. The van der Waals surface area contributed by atoms with Crippen LogP contribution in [-0.2, 0) is 0 Å². The van der Waals surface area contributed by atoms with Crippen molar-refractivity contribution < 1.29 is 13.6 Å². The minimum absolute atomic E-state index is 0.146. The fraction of sp³-hybridized carbons (Fsp3) is 0.273. The summed E-state index contributed by atoms with van der Waals surface area (Å²) < 4.78 is 23.9. The molecule has 90 valence electrons. The van der Waals surface area contributed by atoms with Gasteiger partial charge in [-0.3, -0.25) is 9.78 Å². The maximum atomic E-state index is 11.9. The number of carbonyl (C=O) groups is 1. The van der Waals surface area contributed by atoms with Crippen LogP contribution in [0, 0.1) is 11.8 Å². The molecule has 1 rings (SSSR count). The molecule has 0 atom stereocenters. The van der Waals surface area contributed by atoms with E-state index < -0.39 is 18.9 Å². The molecular weight excluding hydrogens is 228 g/mol. The van der Waals surface area contributed by atoms with Crippen LogP contribution in [-0.4, -0.2) is 30.4 Å². The SMILES string of the molecule is NCC#Cc1cnccc1C(=O)NCC(F)F. The van der Waals surface area contributed by atoms with Crippen LogP contribution < -0.4 is 11.1 Å². The van der Waals surface area contributed by atoms with E-state index in [0.717, 1.165) is 0 Å². The standard InChI is InChI=1S/C11H11F2N3O/c12-10(13)7-16-11(17)9-3-5-15-6-8(9)2-1-4-14/h3,5-6,10H,4,7,14H2,(H,16,17). The summed E-state index contributed by atoms with van der Waals surface area (Å²) in [6.07, 6.45) is 0.199. The van der Waals surface area contributed by atoms with Crippen molar-refractivity contribution in [3.05, 3.63) is 29.6 Å². The Morgan fingerprint density at radius 3 is 3.00 bits per heavy atom. The third-order valence-electron chi connectivity index (χ3n) is 1.81. The number of nitrogens with one attached hydrogen (secondary N) is 1. The van der Waals surface area contributed by atoms with Crippen molar-refractivity contribution in [2.24, 2.45) is 5.73 Å². The Morgan fingerprint density at radius 1 is 1.59 bits per heavy atom. The molecule has 0 saturated heterocycles. The number of alkyl halides is 2. The molecule has 0 fully saturated rings. The third-order valence-corrected chi connectivity index (χ3v) is 1.81. The van der Waals surface area contributed by atoms with Gasteiger partial charge in [0.25, 0.3) is 12.3 Å². The van der Waals surface area contributed by atoms with Crippen molar-refractivity contribution in [1.82, 2.24) is 10.3 Å². The summed E-state index contributed by atoms with van der Waals surface area (Å²) in [7, 11) is 0. The Bertz CT molecular complexity index is 452. The van der Waals surface area contributed by atoms with Crippen molar-refractivity contribution in [3.8, 4) is 11.8 Å². The van der Waals surface area contributed by atoms with Crippen molar-refractivity contribution >= 4 is 5.91 Å². The second-order valence-electron chi connectivity index (χ2n) is 3.03. The molecule has 0 aromatic carbocycles. The predicted octanol–water partition coefficient (Wildman–Crippen LogP) is 0.387. The normalized spacial score (nSPS) is 9.65. The Balaban J connectivity index is 2.85. The average Bonchev–Trinajstić information content (AvgIpc) is 2.33. The molecule has 0 aliphatic heterocycles. The highest BCUT2D eigenvalue weighted by molar-refractivity contribution is 5.96. The van der Waals surface area contributed by atoms with Gasteiger partial charge in [-0.2, -0.15) is 0 Å². The number of rotatable bonds is 3. The molecule has 3 N–H and O–H groups in total. The minimum Gasteiger partial charge on any atom is -0.346 e. The molecule has 0 saturated carbocycles. The van der Waals surface area contributed by atoms with Gasteiger partial charge in [-0.1, -0.05) is 11.8 Å². The topological polar surface area (TPSA) is 68.0 Å². The first-order valence-corrected chi connectivity index (χ1v) is 4.84. The predicted molar refractivity (Wildman–Crippen MR) is 58.5 cm³/mol. The summed E-state index contributed by atoms with van der Waals surface area (Å²) in [5, 5.41) is 2.10. The lowest BCUT2D eigenvalue weighted by Gasteiger charge is -2.05. The molecule has 17 heavy (non-hydrogen) atoms. The van der Waals surface area contributed by atoms with E-state index in [2.05, 4.69) is 22.1 Å². The number of hydrogen-bond acceptors (Lipinski definition) is 3. The van der Waals surface area contributed by atoms with Crippen LogP contribution in [0.5, 0.6) is 0 Å². The fourth-order valence-corrected chi connectivity index (χ4v) is 1.10. The highest BCUT2D eigenvalue weighted by Crippen LogP contribution is 2.05. The summed E-state index contributed by atoms with van der Waals surface area (Å²) in [5.74, 6) is 4.63. The Labute approximate surface area is 97.2 Å². The smallest absolute Gasteiger partial charge is 0.255 e. The van der Waals surface area contributed by atoms with Crippen molar-refractivity contribution in [1.29, 1.82) is 0 Å². The van der Waals surface area contributed by atoms with E-state index in [4.69, 9.17) is 5.73 Å². The zero-order chi connectivity index (χ0) is 12.7. The average molecular weight is 239 g/mol. The molecule has 1 heterocycles. The van der Waals surface area contributed by atoms with Gasteiger partial charge in [0.15, 0.2) is 0 Å². The van der Waals surface area contributed by atoms with Crippen molar-refractivity contribution in [3.63, 3.8) is 0 Å². The number of nitrogens with zero attached hydrogens (tertiary/aromatic N) is 1. The number of halogens is 2. The number of carbonyl (C=O) groups excluding carboxylic acids is 1. The van der Waals surface area contributed by atoms with Gasteiger partial charge >= 0.3 is 0 Å². The second kappa shape index (κ2) is 6.55. The molecule has 6 heteroatoms. The monoisotopic (exact) mass is 239 g/mol. The third kappa shape index (κ3) is 4.17. The lowest BCUT2D eigenvalue weighted by molar-refractivity contribution is 0.0891. The van der Waals surface area contributed by atoms with Crippen LogP contribution in [0.25, 0.3) is 0 Å². The Morgan fingerprint density at radius 2 is 2.35 bits per heavy atom. The minimum atomic E-state index is -2.58. The highest BCUT2D eigenvalue weighted by Gasteiger charge is 2.11. The van der Waals surface area contributed by atoms with Gasteiger partial charge in [0.1, 0.15) is 0 Å². The zero-order valence-corrected chi connectivity index (χ0v) is 8.91. The summed E-state index contributed by atoms with van der Waals surface area (Å²) >= 11 is 0. The molecule has 1 aromatic heterocycles. The van der Waals surface area contributed by atoms with E-state index in [1.807, 2.05) is 0 Å². The van der Waals surface area contributed by atoms with Gasteiger partial charge < -0.3 is 11.1 Å². The zero-order valence-electron chi connectivity index (χ0n) is 8.91. The largest absolute Gasteiger partial charge is 0.346 e. The maximum absolute atomic E-state index is 11.9. The van der Waals surface area contributed by atoms with E-state index in [1.54, 1.807) is 0 Å². The molecule has 0 radical (unpaired) electrons. The molecule has 1 aromatic rings. The van der Waals surface area contributed by atoms with E-state index in [-0.39, 0.29) is 12.1 Å². The van der Waals surface area contributed by atoms with Gasteiger partial charge in [0.05, 0.1) is 24.2 Å². The summed E-state index contributed by atoms with van der Waals surface area (Å²) in [6, 6.07) is 1.42. The molecular formula is C11H11F2N3O. The first-order chi connectivity index (χ1) is 8.15. The molecule has 0 aliphatic rings. The number of amides is 1. The van der Waals surface area contributed by atoms with E-state index in [9.17, 15) is 13.6 Å². The Kier molecular flexibility index (Phi) is 5.04. The van der Waals surface area contributed by atoms with Crippen LogP contribution in [0.3, 0.4) is 0 Å². The van der Waals surface area contributed by atoms with Crippen LogP contribution >= 0.6 is 0 Å². The van der Waals surface area contributed by atoms with E-state index in [1.165, 1.54) is 18.5 Å². The van der Waals surface area contributed by atoms with Gasteiger partial charge in [-0.25, -0.2) is 8.78 Å².